The lowest BCUT2D eigenvalue weighted by Gasteiger charge is -1.85. The van der Waals surface area contributed by atoms with Gasteiger partial charge in [-0.3, -0.25) is 0 Å². The normalized spacial score (nSPS) is 9.89. The molecule has 0 aromatic heterocycles. The van der Waals surface area contributed by atoms with Crippen LogP contribution in [0.25, 0.3) is 0 Å². The predicted molar refractivity (Wildman–Crippen MR) is 39.8 cm³/mol. The molecule has 0 fully saturated rings. The van der Waals surface area contributed by atoms with Crippen molar-refractivity contribution in [2.24, 2.45) is 0 Å². The molecule has 1 atom stereocenters. The minimum atomic E-state index is -0.321. The van der Waals surface area contributed by atoms with Crippen molar-refractivity contribution in [1.82, 2.24) is 0 Å². The van der Waals surface area contributed by atoms with E-state index in [1.807, 2.05) is 31.2 Å². The molecule has 1 nitrogen and oxygen atoms in total. The van der Waals surface area contributed by atoms with Crippen LogP contribution in [0.15, 0.2) is 24.3 Å². The highest BCUT2D eigenvalue weighted by Gasteiger charge is 2.00. The summed E-state index contributed by atoms with van der Waals surface area (Å²) in [5.41, 5.74) is 1.10. The lowest BCUT2D eigenvalue weighted by atomic mass is 10.2. The Kier molecular flexibility index (Phi) is 1.96. The molecule has 1 aromatic rings. The molecule has 1 rings (SSSR count). The van der Waals surface area contributed by atoms with Crippen LogP contribution in [0.3, 0.4) is 0 Å². The van der Waals surface area contributed by atoms with Gasteiger partial charge in [0.25, 0.3) is 0 Å². The highest BCUT2D eigenvalue weighted by atomic mass is 31.1. The molecule has 0 spiro atoms. The lowest BCUT2D eigenvalue weighted by molar-refractivity contribution is 0.603. The van der Waals surface area contributed by atoms with Gasteiger partial charge >= 0.3 is 8.46 Å². The zero-order valence-corrected chi connectivity index (χ0v) is 6.22. The summed E-state index contributed by atoms with van der Waals surface area (Å²) < 4.78 is 10.4. The van der Waals surface area contributed by atoms with Crippen molar-refractivity contribution in [3.63, 3.8) is 0 Å². The van der Waals surface area contributed by atoms with E-state index in [4.69, 9.17) is 0 Å². The second kappa shape index (κ2) is 2.75. The number of benzene rings is 1. The molecule has 2 heteroatoms. The van der Waals surface area contributed by atoms with Crippen LogP contribution in [0.5, 0.6) is 0 Å². The van der Waals surface area contributed by atoms with Crippen molar-refractivity contribution in [2.75, 3.05) is 0 Å². The Morgan fingerprint density at radius 3 is 2.44 bits per heavy atom. The van der Waals surface area contributed by atoms with Crippen LogP contribution in [-0.2, 0) is 4.57 Å². The van der Waals surface area contributed by atoms with Gasteiger partial charge < -0.3 is 0 Å². The summed E-state index contributed by atoms with van der Waals surface area (Å²) in [6.45, 7) is 1.96. The van der Waals surface area contributed by atoms with Gasteiger partial charge in [0.15, 0.2) is 5.30 Å². The zero-order valence-electron chi connectivity index (χ0n) is 5.22. The smallest absolute Gasteiger partial charge is 0.0707 e. The van der Waals surface area contributed by atoms with E-state index in [9.17, 15) is 4.57 Å². The summed E-state index contributed by atoms with van der Waals surface area (Å²) in [4.78, 5) is 0. The first-order valence-electron chi connectivity index (χ1n) is 2.78. The van der Waals surface area contributed by atoms with Crippen LogP contribution in [-0.4, -0.2) is 0 Å². The van der Waals surface area contributed by atoms with Crippen LogP contribution in [0.4, 0.5) is 0 Å². The van der Waals surface area contributed by atoms with E-state index < -0.39 is 0 Å². The van der Waals surface area contributed by atoms with Crippen molar-refractivity contribution in [3.05, 3.63) is 29.8 Å². The Balaban J connectivity index is 3.15. The van der Waals surface area contributed by atoms with Gasteiger partial charge in [-0.15, -0.1) is 0 Å². The van der Waals surface area contributed by atoms with E-state index in [2.05, 4.69) is 0 Å². The number of hydrogen-bond donors (Lipinski definition) is 0. The molecular formula is C7H8OP+. The van der Waals surface area contributed by atoms with E-state index in [1.54, 1.807) is 0 Å². The average Bonchev–Trinajstić information content (AvgIpc) is 1.89. The van der Waals surface area contributed by atoms with Gasteiger partial charge in [0.2, 0.25) is 0 Å². The molecular weight excluding hydrogens is 131 g/mol. The first-order valence-corrected chi connectivity index (χ1v) is 3.69. The topological polar surface area (TPSA) is 17.1 Å². The van der Waals surface area contributed by atoms with Crippen LogP contribution >= 0.6 is 8.46 Å². The summed E-state index contributed by atoms with van der Waals surface area (Å²) >= 11 is 0. The Morgan fingerprint density at radius 2 is 2.00 bits per heavy atom. The van der Waals surface area contributed by atoms with E-state index in [1.165, 1.54) is 0 Å². The Bertz CT molecular complexity index is 220. The summed E-state index contributed by atoms with van der Waals surface area (Å²) in [5.74, 6) is 0. The number of aryl methyl sites for hydroxylation is 1. The second-order valence-electron chi connectivity index (χ2n) is 1.92. The van der Waals surface area contributed by atoms with Crippen molar-refractivity contribution in [3.8, 4) is 0 Å². The molecule has 0 amide bonds. The molecule has 0 saturated heterocycles. The monoisotopic (exact) mass is 139 g/mol. The highest BCUT2D eigenvalue weighted by molar-refractivity contribution is 7.34. The second-order valence-corrected chi connectivity index (χ2v) is 2.66. The summed E-state index contributed by atoms with van der Waals surface area (Å²) in [7, 11) is -0.321. The first-order chi connectivity index (χ1) is 4.34. The fourth-order valence-corrected chi connectivity index (χ4v) is 1.10. The molecule has 0 aliphatic heterocycles. The number of hydrogen-bond acceptors (Lipinski definition) is 1. The third-order valence-corrected chi connectivity index (χ3v) is 2.04. The Morgan fingerprint density at radius 1 is 1.33 bits per heavy atom. The van der Waals surface area contributed by atoms with E-state index >= 15 is 0 Å². The molecule has 0 heterocycles. The van der Waals surface area contributed by atoms with Crippen molar-refractivity contribution < 1.29 is 4.57 Å². The van der Waals surface area contributed by atoms with Crippen LogP contribution in [0.2, 0.25) is 0 Å². The maximum absolute atomic E-state index is 10.4. The fraction of sp³-hybridized carbons (Fsp3) is 0.143. The third kappa shape index (κ3) is 1.36. The SMILES string of the molecule is Cc1ccccc1[PH+]=O. The summed E-state index contributed by atoms with van der Waals surface area (Å²) in [6.07, 6.45) is 0. The van der Waals surface area contributed by atoms with Gasteiger partial charge in [0, 0.05) is 5.56 Å². The zero-order chi connectivity index (χ0) is 6.69. The largest absolute Gasteiger partial charge is 0.363 e. The van der Waals surface area contributed by atoms with Crippen LogP contribution < -0.4 is 5.30 Å². The van der Waals surface area contributed by atoms with E-state index in [0.29, 0.717) is 0 Å². The third-order valence-electron chi connectivity index (χ3n) is 1.26. The van der Waals surface area contributed by atoms with Gasteiger partial charge in [-0.2, -0.15) is 0 Å². The van der Waals surface area contributed by atoms with Crippen molar-refractivity contribution in [1.29, 1.82) is 0 Å². The quantitative estimate of drug-likeness (QED) is 0.540. The summed E-state index contributed by atoms with van der Waals surface area (Å²) in [6, 6.07) is 7.67. The molecule has 0 saturated carbocycles. The van der Waals surface area contributed by atoms with Crippen molar-refractivity contribution >= 4 is 13.8 Å². The molecule has 1 unspecified atom stereocenters. The van der Waals surface area contributed by atoms with Gasteiger partial charge in [-0.1, -0.05) is 22.8 Å². The van der Waals surface area contributed by atoms with Gasteiger partial charge in [0.1, 0.15) is 0 Å². The van der Waals surface area contributed by atoms with Gasteiger partial charge in [0.05, 0.1) is 0 Å². The fourth-order valence-electron chi connectivity index (χ4n) is 0.687. The Hall–Kier alpha value is -0.680. The standard InChI is InChI=1S/C7H7OP/c1-6-4-2-3-5-7(6)9-8/h2-5H,1H3/p+1. The Labute approximate surface area is 55.9 Å². The van der Waals surface area contributed by atoms with E-state index in [0.717, 1.165) is 10.9 Å². The molecule has 0 N–H and O–H groups in total. The molecule has 0 aliphatic rings. The average molecular weight is 139 g/mol. The number of rotatable bonds is 1. The minimum Gasteiger partial charge on any atom is -0.0707 e. The highest BCUT2D eigenvalue weighted by Crippen LogP contribution is 2.00. The van der Waals surface area contributed by atoms with E-state index in [-0.39, 0.29) is 8.46 Å². The lowest BCUT2D eigenvalue weighted by Crippen LogP contribution is -1.94. The maximum Gasteiger partial charge on any atom is 0.363 e. The molecule has 46 valence electrons. The molecule has 0 bridgehead atoms. The molecule has 0 aliphatic carbocycles. The molecule has 1 aromatic carbocycles. The summed E-state index contributed by atoms with van der Waals surface area (Å²) in [5, 5.41) is 0.928. The van der Waals surface area contributed by atoms with Crippen molar-refractivity contribution in [2.45, 2.75) is 6.92 Å². The van der Waals surface area contributed by atoms with Crippen LogP contribution in [0.1, 0.15) is 5.56 Å². The first kappa shape index (κ1) is 6.44. The van der Waals surface area contributed by atoms with Crippen LogP contribution in [0, 0.1) is 6.92 Å². The van der Waals surface area contributed by atoms with Gasteiger partial charge in [-0.25, -0.2) is 0 Å². The maximum atomic E-state index is 10.4. The van der Waals surface area contributed by atoms with Gasteiger partial charge in [-0.05, 0) is 13.0 Å². The molecule has 9 heavy (non-hydrogen) atoms. The molecule has 0 radical (unpaired) electrons. The minimum absolute atomic E-state index is 0.321. The predicted octanol–water partition coefficient (Wildman–Crippen LogP) is 1.64.